The van der Waals surface area contributed by atoms with E-state index in [1.165, 1.54) is 19.1 Å². The fraction of sp³-hybridized carbons (Fsp3) is 0.333. The molecule has 1 aliphatic heterocycles. The van der Waals surface area contributed by atoms with Crippen LogP contribution in [-0.2, 0) is 14.3 Å². The molecule has 0 aliphatic carbocycles. The van der Waals surface area contributed by atoms with Gasteiger partial charge in [-0.15, -0.1) is 0 Å². The van der Waals surface area contributed by atoms with Gasteiger partial charge in [0.05, 0.1) is 17.7 Å². The van der Waals surface area contributed by atoms with Gasteiger partial charge in [0, 0.05) is 0 Å². The van der Waals surface area contributed by atoms with Crippen LogP contribution in [0.25, 0.3) is 0 Å². The molecule has 0 fully saturated rings. The first kappa shape index (κ1) is 15.7. The van der Waals surface area contributed by atoms with Gasteiger partial charge in [-0.2, -0.15) is 0 Å². The Morgan fingerprint density at radius 3 is 2.23 bits per heavy atom. The molecule has 116 valence electrons. The van der Waals surface area contributed by atoms with Crippen LogP contribution < -0.4 is 5.32 Å². The number of rotatable bonds is 5. The van der Waals surface area contributed by atoms with Crippen LogP contribution in [0, 0.1) is 0 Å². The first-order valence-corrected chi connectivity index (χ1v) is 6.87. The van der Waals surface area contributed by atoms with Gasteiger partial charge in [-0.25, -0.2) is 4.79 Å². The van der Waals surface area contributed by atoms with E-state index >= 15 is 0 Å². The molecule has 2 rings (SSSR count). The molecule has 0 radical (unpaired) electrons. The minimum Gasteiger partial charge on any atom is -0.464 e. The summed E-state index contributed by atoms with van der Waals surface area (Å²) in [6.45, 7) is 2.90. The Labute approximate surface area is 127 Å². The van der Waals surface area contributed by atoms with E-state index in [1.54, 1.807) is 19.1 Å². The smallest absolute Gasteiger partial charge is 0.328 e. The highest BCUT2D eigenvalue weighted by Crippen LogP contribution is 2.21. The van der Waals surface area contributed by atoms with E-state index in [9.17, 15) is 19.2 Å². The Morgan fingerprint density at radius 1 is 1.18 bits per heavy atom. The van der Waals surface area contributed by atoms with Crippen molar-refractivity contribution >= 4 is 23.7 Å². The first-order valence-electron chi connectivity index (χ1n) is 6.87. The van der Waals surface area contributed by atoms with Crippen molar-refractivity contribution in [1.82, 2.24) is 10.2 Å². The predicted octanol–water partition coefficient (Wildman–Crippen LogP) is 0.350. The lowest BCUT2D eigenvalue weighted by molar-refractivity contribution is -0.146. The number of fused-ring (bicyclic) bond motifs is 1. The van der Waals surface area contributed by atoms with Gasteiger partial charge < -0.3 is 10.1 Å². The average molecular weight is 304 g/mol. The van der Waals surface area contributed by atoms with Crippen molar-refractivity contribution in [3.8, 4) is 0 Å². The Kier molecular flexibility index (Phi) is 4.55. The topological polar surface area (TPSA) is 92.8 Å². The van der Waals surface area contributed by atoms with E-state index in [-0.39, 0.29) is 17.7 Å². The van der Waals surface area contributed by atoms with Crippen molar-refractivity contribution in [3.63, 3.8) is 0 Å². The second-order valence-corrected chi connectivity index (χ2v) is 4.78. The number of hydrogen-bond donors (Lipinski definition) is 1. The maximum absolute atomic E-state index is 12.1. The number of ether oxygens (including phenoxy) is 1. The second-order valence-electron chi connectivity index (χ2n) is 4.78. The Morgan fingerprint density at radius 2 is 1.73 bits per heavy atom. The molecule has 1 aliphatic rings. The molecule has 3 amide bonds. The van der Waals surface area contributed by atoms with Crippen LogP contribution in [0.4, 0.5) is 0 Å². The van der Waals surface area contributed by atoms with E-state index in [4.69, 9.17) is 4.74 Å². The van der Waals surface area contributed by atoms with Gasteiger partial charge in [-0.3, -0.25) is 19.3 Å². The number of nitrogens with one attached hydrogen (secondary N) is 1. The predicted molar refractivity (Wildman–Crippen MR) is 76.0 cm³/mol. The summed E-state index contributed by atoms with van der Waals surface area (Å²) in [6.07, 6.45) is 0. The van der Waals surface area contributed by atoms with Gasteiger partial charge in [0.25, 0.3) is 11.8 Å². The van der Waals surface area contributed by atoms with E-state index in [0.717, 1.165) is 4.90 Å². The average Bonchev–Trinajstić information content (AvgIpc) is 2.73. The molecule has 1 atom stereocenters. The quantitative estimate of drug-likeness (QED) is 0.626. The van der Waals surface area contributed by atoms with E-state index in [2.05, 4.69) is 5.32 Å². The number of nitrogens with zero attached hydrogens (tertiary/aromatic N) is 1. The molecule has 7 nitrogen and oxygen atoms in total. The maximum Gasteiger partial charge on any atom is 0.328 e. The second kappa shape index (κ2) is 6.38. The summed E-state index contributed by atoms with van der Waals surface area (Å²) in [7, 11) is 0. The number of benzene rings is 1. The SMILES string of the molecule is CCOC(=O)C(C)NC(=O)CN1C(=O)c2ccccc2C1=O. The normalized spacial score (nSPS) is 14.5. The summed E-state index contributed by atoms with van der Waals surface area (Å²) in [5, 5.41) is 2.40. The zero-order valence-electron chi connectivity index (χ0n) is 12.3. The molecule has 7 heteroatoms. The van der Waals surface area contributed by atoms with Crippen LogP contribution in [0.15, 0.2) is 24.3 Å². The highest BCUT2D eigenvalue weighted by Gasteiger charge is 2.36. The number of carbonyl (C=O) groups is 4. The Balaban J connectivity index is 2.00. The molecule has 1 unspecified atom stereocenters. The lowest BCUT2D eigenvalue weighted by Gasteiger charge is -2.16. The number of amides is 3. The van der Waals surface area contributed by atoms with Crippen LogP contribution in [0.3, 0.4) is 0 Å². The fourth-order valence-corrected chi connectivity index (χ4v) is 2.14. The summed E-state index contributed by atoms with van der Waals surface area (Å²) in [6, 6.07) is 5.53. The van der Waals surface area contributed by atoms with E-state index in [1.807, 2.05) is 0 Å². The Hall–Kier alpha value is -2.70. The molecular weight excluding hydrogens is 288 g/mol. The van der Waals surface area contributed by atoms with Gasteiger partial charge in [0.2, 0.25) is 5.91 Å². The molecule has 22 heavy (non-hydrogen) atoms. The summed E-state index contributed by atoms with van der Waals surface area (Å²) in [5.41, 5.74) is 0.553. The lowest BCUT2D eigenvalue weighted by atomic mass is 10.1. The van der Waals surface area contributed by atoms with Crippen LogP contribution in [0.1, 0.15) is 34.6 Å². The lowest BCUT2D eigenvalue weighted by Crippen LogP contribution is -2.46. The number of carbonyl (C=O) groups excluding carboxylic acids is 4. The third-order valence-corrected chi connectivity index (χ3v) is 3.20. The van der Waals surface area contributed by atoms with Crippen molar-refractivity contribution in [2.24, 2.45) is 0 Å². The minimum atomic E-state index is -0.845. The standard InChI is InChI=1S/C15H16N2O5/c1-3-22-15(21)9(2)16-12(18)8-17-13(19)10-6-4-5-7-11(10)14(17)20/h4-7,9H,3,8H2,1-2H3,(H,16,18). The van der Waals surface area contributed by atoms with Gasteiger partial charge in [-0.05, 0) is 26.0 Å². The van der Waals surface area contributed by atoms with Crippen LogP contribution >= 0.6 is 0 Å². The van der Waals surface area contributed by atoms with Crippen LogP contribution in [0.5, 0.6) is 0 Å². The molecule has 0 bridgehead atoms. The highest BCUT2D eigenvalue weighted by molar-refractivity contribution is 6.22. The molecule has 0 aromatic heterocycles. The zero-order valence-corrected chi connectivity index (χ0v) is 12.3. The molecule has 0 saturated heterocycles. The summed E-state index contributed by atoms with van der Waals surface area (Å²) in [4.78, 5) is 48.4. The van der Waals surface area contributed by atoms with Crippen molar-refractivity contribution in [3.05, 3.63) is 35.4 Å². The zero-order chi connectivity index (χ0) is 16.3. The summed E-state index contributed by atoms with van der Waals surface area (Å²) >= 11 is 0. The third-order valence-electron chi connectivity index (χ3n) is 3.20. The summed E-state index contributed by atoms with van der Waals surface area (Å²) < 4.78 is 4.77. The van der Waals surface area contributed by atoms with Crippen molar-refractivity contribution < 1.29 is 23.9 Å². The summed E-state index contributed by atoms with van der Waals surface area (Å²) in [5.74, 6) is -2.20. The molecule has 0 saturated carbocycles. The largest absolute Gasteiger partial charge is 0.464 e. The number of esters is 1. The maximum atomic E-state index is 12.1. The molecule has 1 aromatic carbocycles. The van der Waals surface area contributed by atoms with Crippen molar-refractivity contribution in [2.75, 3.05) is 13.2 Å². The Bertz CT molecular complexity index is 606. The number of imide groups is 1. The third kappa shape index (κ3) is 2.98. The molecule has 1 N–H and O–H groups in total. The van der Waals surface area contributed by atoms with Gasteiger partial charge >= 0.3 is 5.97 Å². The van der Waals surface area contributed by atoms with E-state index < -0.39 is 36.3 Å². The monoisotopic (exact) mass is 304 g/mol. The first-order chi connectivity index (χ1) is 10.5. The van der Waals surface area contributed by atoms with Gasteiger partial charge in [0.1, 0.15) is 12.6 Å². The van der Waals surface area contributed by atoms with Crippen molar-refractivity contribution in [1.29, 1.82) is 0 Å². The molecule has 1 aromatic rings. The molecular formula is C15H16N2O5. The van der Waals surface area contributed by atoms with E-state index in [0.29, 0.717) is 0 Å². The van der Waals surface area contributed by atoms with Gasteiger partial charge in [-0.1, -0.05) is 12.1 Å². The molecule has 1 heterocycles. The fourth-order valence-electron chi connectivity index (χ4n) is 2.14. The van der Waals surface area contributed by atoms with Crippen LogP contribution in [0.2, 0.25) is 0 Å². The van der Waals surface area contributed by atoms with Crippen molar-refractivity contribution in [2.45, 2.75) is 19.9 Å². The van der Waals surface area contributed by atoms with Crippen LogP contribution in [-0.4, -0.2) is 47.8 Å². The highest BCUT2D eigenvalue weighted by atomic mass is 16.5. The van der Waals surface area contributed by atoms with Gasteiger partial charge in [0.15, 0.2) is 0 Å². The number of hydrogen-bond acceptors (Lipinski definition) is 5. The minimum absolute atomic E-state index is 0.206. The molecule has 0 spiro atoms.